The lowest BCUT2D eigenvalue weighted by Crippen LogP contribution is -2.21. The first-order valence-electron chi connectivity index (χ1n) is 5.83. The van der Waals surface area contributed by atoms with E-state index < -0.39 is 6.10 Å². The molecule has 0 spiro atoms. The molecule has 2 heterocycles. The number of aromatic nitrogens is 4. The van der Waals surface area contributed by atoms with Gasteiger partial charge in [0, 0.05) is 6.54 Å². The maximum absolute atomic E-state index is 10.4. The minimum Gasteiger partial charge on any atom is -0.493 e. The molecular weight excluding hydrogens is 266 g/mol. The highest BCUT2D eigenvalue weighted by molar-refractivity contribution is 6.99. The molecule has 0 aliphatic rings. The van der Waals surface area contributed by atoms with Crippen LogP contribution in [0.2, 0.25) is 0 Å². The zero-order valence-corrected chi connectivity index (χ0v) is 12.0. The number of aliphatic hydroxyl groups is 1. The fraction of sp³-hybridized carbons (Fsp3) is 0.545. The summed E-state index contributed by atoms with van der Waals surface area (Å²) < 4.78 is 15.0. The van der Waals surface area contributed by atoms with Crippen LogP contribution in [0.1, 0.15) is 17.5 Å². The van der Waals surface area contributed by atoms with Gasteiger partial charge in [0.25, 0.3) is 0 Å². The SMILES string of the molecule is COc1cnn(CCN(C)C)c1C(O)c1cnsn1. The van der Waals surface area contributed by atoms with Crippen molar-refractivity contribution in [2.24, 2.45) is 0 Å². The third kappa shape index (κ3) is 3.09. The highest BCUT2D eigenvalue weighted by Crippen LogP contribution is 2.28. The molecule has 0 aliphatic carbocycles. The van der Waals surface area contributed by atoms with E-state index in [0.717, 1.165) is 18.3 Å². The number of methoxy groups -OCH3 is 1. The predicted octanol–water partition coefficient (Wildman–Crippen LogP) is 0.386. The van der Waals surface area contributed by atoms with Crippen molar-refractivity contribution >= 4 is 11.7 Å². The summed E-state index contributed by atoms with van der Waals surface area (Å²) >= 11 is 1.06. The van der Waals surface area contributed by atoms with E-state index in [0.29, 0.717) is 23.7 Å². The Kier molecular flexibility index (Phi) is 4.46. The maximum atomic E-state index is 10.4. The van der Waals surface area contributed by atoms with Crippen molar-refractivity contribution in [1.82, 2.24) is 23.4 Å². The zero-order valence-electron chi connectivity index (χ0n) is 11.1. The van der Waals surface area contributed by atoms with Gasteiger partial charge in [0.2, 0.25) is 0 Å². The smallest absolute Gasteiger partial charge is 0.163 e. The number of hydrogen-bond donors (Lipinski definition) is 1. The molecule has 8 heteroatoms. The summed E-state index contributed by atoms with van der Waals surface area (Å²) in [5, 5.41) is 14.6. The second kappa shape index (κ2) is 6.09. The number of rotatable bonds is 6. The van der Waals surface area contributed by atoms with Crippen LogP contribution in [0.5, 0.6) is 5.75 Å². The van der Waals surface area contributed by atoms with Gasteiger partial charge in [0.05, 0.1) is 37.8 Å². The zero-order chi connectivity index (χ0) is 13.8. The van der Waals surface area contributed by atoms with E-state index in [1.54, 1.807) is 24.2 Å². The number of aliphatic hydroxyl groups excluding tert-OH is 1. The van der Waals surface area contributed by atoms with Crippen molar-refractivity contribution in [1.29, 1.82) is 0 Å². The molecule has 1 atom stereocenters. The maximum Gasteiger partial charge on any atom is 0.163 e. The normalized spacial score (nSPS) is 12.9. The van der Waals surface area contributed by atoms with Gasteiger partial charge < -0.3 is 14.7 Å². The van der Waals surface area contributed by atoms with Gasteiger partial charge in [0.15, 0.2) is 5.75 Å². The van der Waals surface area contributed by atoms with Crippen molar-refractivity contribution < 1.29 is 9.84 Å². The fourth-order valence-electron chi connectivity index (χ4n) is 1.72. The van der Waals surface area contributed by atoms with Crippen LogP contribution in [-0.4, -0.2) is 56.3 Å². The van der Waals surface area contributed by atoms with Crippen LogP contribution in [0, 0.1) is 0 Å². The number of nitrogens with zero attached hydrogens (tertiary/aromatic N) is 5. The Morgan fingerprint density at radius 1 is 1.47 bits per heavy atom. The van der Waals surface area contributed by atoms with E-state index in [1.807, 2.05) is 14.1 Å². The van der Waals surface area contributed by atoms with Gasteiger partial charge in [0.1, 0.15) is 17.5 Å². The minimum atomic E-state index is -0.877. The highest BCUT2D eigenvalue weighted by atomic mass is 32.1. The number of ether oxygens (including phenoxy) is 1. The van der Waals surface area contributed by atoms with Gasteiger partial charge >= 0.3 is 0 Å². The Morgan fingerprint density at radius 2 is 2.26 bits per heavy atom. The van der Waals surface area contributed by atoms with Crippen LogP contribution in [0.15, 0.2) is 12.4 Å². The largest absolute Gasteiger partial charge is 0.493 e. The lowest BCUT2D eigenvalue weighted by Gasteiger charge is -2.15. The van der Waals surface area contributed by atoms with Crippen molar-refractivity contribution in [3.63, 3.8) is 0 Å². The molecule has 0 radical (unpaired) electrons. The molecule has 0 bridgehead atoms. The van der Waals surface area contributed by atoms with Crippen LogP contribution in [-0.2, 0) is 6.54 Å². The predicted molar refractivity (Wildman–Crippen MR) is 71.3 cm³/mol. The first-order chi connectivity index (χ1) is 9.13. The van der Waals surface area contributed by atoms with Gasteiger partial charge in [-0.25, -0.2) is 0 Å². The fourth-order valence-corrected chi connectivity index (χ4v) is 2.16. The first kappa shape index (κ1) is 13.9. The van der Waals surface area contributed by atoms with Gasteiger partial charge in [-0.1, -0.05) is 0 Å². The lowest BCUT2D eigenvalue weighted by atomic mass is 10.2. The quantitative estimate of drug-likeness (QED) is 0.826. The molecule has 2 rings (SSSR count). The molecule has 104 valence electrons. The van der Waals surface area contributed by atoms with Crippen LogP contribution in [0.25, 0.3) is 0 Å². The van der Waals surface area contributed by atoms with Crippen molar-refractivity contribution in [2.45, 2.75) is 12.6 Å². The molecule has 2 aromatic heterocycles. The summed E-state index contributed by atoms with van der Waals surface area (Å²) in [5.41, 5.74) is 1.12. The number of hydrogen-bond acceptors (Lipinski definition) is 7. The first-order valence-corrected chi connectivity index (χ1v) is 6.56. The molecule has 7 nitrogen and oxygen atoms in total. The third-order valence-electron chi connectivity index (χ3n) is 2.74. The summed E-state index contributed by atoms with van der Waals surface area (Å²) in [5.74, 6) is 0.555. The summed E-state index contributed by atoms with van der Waals surface area (Å²) in [6.45, 7) is 1.49. The second-order valence-corrected chi connectivity index (χ2v) is 4.92. The van der Waals surface area contributed by atoms with Crippen LogP contribution >= 0.6 is 11.7 Å². The van der Waals surface area contributed by atoms with E-state index in [1.165, 1.54) is 0 Å². The molecule has 19 heavy (non-hydrogen) atoms. The molecule has 0 saturated heterocycles. The third-order valence-corrected chi connectivity index (χ3v) is 3.23. The Balaban J connectivity index is 2.28. The molecule has 0 saturated carbocycles. The van der Waals surface area contributed by atoms with Crippen molar-refractivity contribution in [2.75, 3.05) is 27.7 Å². The van der Waals surface area contributed by atoms with E-state index in [9.17, 15) is 5.11 Å². The molecule has 2 aromatic rings. The Morgan fingerprint density at radius 3 is 2.84 bits per heavy atom. The van der Waals surface area contributed by atoms with Gasteiger partial charge in [-0.15, -0.1) is 0 Å². The molecular formula is C11H17N5O2S. The number of likely N-dealkylation sites (N-methyl/N-ethyl adjacent to an activating group) is 1. The topological polar surface area (TPSA) is 76.3 Å². The average molecular weight is 283 g/mol. The standard InChI is InChI=1S/C11H17N5O2S/c1-15(2)4-5-16-10(9(18-3)7-12-16)11(17)8-6-13-19-14-8/h6-7,11,17H,4-5H2,1-3H3. The highest BCUT2D eigenvalue weighted by Gasteiger charge is 2.23. The summed E-state index contributed by atoms with van der Waals surface area (Å²) in [6, 6.07) is 0. The minimum absolute atomic E-state index is 0.509. The second-order valence-electron chi connectivity index (χ2n) is 4.36. The van der Waals surface area contributed by atoms with Crippen LogP contribution in [0.4, 0.5) is 0 Å². The molecule has 1 unspecified atom stereocenters. The van der Waals surface area contributed by atoms with E-state index >= 15 is 0 Å². The molecule has 0 amide bonds. The summed E-state index contributed by atoms with van der Waals surface area (Å²) in [6.07, 6.45) is 2.28. The van der Waals surface area contributed by atoms with Gasteiger partial charge in [-0.3, -0.25) is 4.68 Å². The summed E-state index contributed by atoms with van der Waals surface area (Å²) in [7, 11) is 5.53. The van der Waals surface area contributed by atoms with E-state index in [2.05, 4.69) is 18.7 Å². The Hall–Kier alpha value is -1.51. The molecule has 1 N–H and O–H groups in total. The van der Waals surface area contributed by atoms with E-state index in [4.69, 9.17) is 4.74 Å². The van der Waals surface area contributed by atoms with Crippen molar-refractivity contribution in [3.8, 4) is 5.75 Å². The average Bonchev–Trinajstić information content (AvgIpc) is 3.04. The lowest BCUT2D eigenvalue weighted by molar-refractivity contribution is 0.196. The molecule has 0 fully saturated rings. The molecule has 0 aromatic carbocycles. The van der Waals surface area contributed by atoms with Crippen LogP contribution < -0.4 is 4.74 Å². The van der Waals surface area contributed by atoms with Gasteiger partial charge in [-0.05, 0) is 14.1 Å². The van der Waals surface area contributed by atoms with E-state index in [-0.39, 0.29) is 0 Å². The summed E-state index contributed by atoms with van der Waals surface area (Å²) in [4.78, 5) is 2.05. The Labute approximate surface area is 115 Å². The monoisotopic (exact) mass is 283 g/mol. The Bertz CT molecular complexity index is 511. The van der Waals surface area contributed by atoms with Gasteiger partial charge in [-0.2, -0.15) is 13.8 Å². The van der Waals surface area contributed by atoms with Crippen molar-refractivity contribution in [3.05, 3.63) is 23.8 Å². The van der Waals surface area contributed by atoms with Crippen LogP contribution in [0.3, 0.4) is 0 Å². The molecule has 0 aliphatic heterocycles.